The van der Waals surface area contributed by atoms with E-state index in [1.54, 1.807) is 24.3 Å². The predicted octanol–water partition coefficient (Wildman–Crippen LogP) is 3.80. The maximum atomic E-state index is 12.8. The van der Waals surface area contributed by atoms with Crippen LogP contribution in [0.3, 0.4) is 0 Å². The number of nitrogens with one attached hydrogen (secondary N) is 1. The predicted molar refractivity (Wildman–Crippen MR) is 79.4 cm³/mol. The molecule has 22 heavy (non-hydrogen) atoms. The molecule has 0 aliphatic carbocycles. The monoisotopic (exact) mass is 304 g/mol. The summed E-state index contributed by atoms with van der Waals surface area (Å²) < 4.78 is 38.4. The average molecular weight is 304 g/mol. The van der Waals surface area contributed by atoms with Crippen molar-refractivity contribution in [2.24, 2.45) is 0 Å². The number of fused-ring (bicyclic) bond motifs is 1. The second-order valence-electron chi connectivity index (χ2n) is 4.90. The molecule has 0 saturated heterocycles. The topological polar surface area (TPSA) is 58.9 Å². The highest BCUT2D eigenvalue weighted by Gasteiger charge is 2.30. The summed E-state index contributed by atoms with van der Waals surface area (Å²) in [5, 5.41) is 0.911. The molecule has 2 aromatic carbocycles. The summed E-state index contributed by atoms with van der Waals surface area (Å²) in [5.41, 5.74) is 5.64. The van der Waals surface area contributed by atoms with Gasteiger partial charge in [0.25, 0.3) is 5.56 Å². The van der Waals surface area contributed by atoms with Crippen LogP contribution in [0.25, 0.3) is 22.0 Å². The molecule has 3 nitrogen and oxygen atoms in total. The van der Waals surface area contributed by atoms with Gasteiger partial charge < -0.3 is 10.7 Å². The van der Waals surface area contributed by atoms with E-state index in [0.29, 0.717) is 22.2 Å². The van der Waals surface area contributed by atoms with Crippen molar-refractivity contribution >= 4 is 16.5 Å². The van der Waals surface area contributed by atoms with Gasteiger partial charge in [0.05, 0.1) is 5.56 Å². The Labute approximate surface area is 123 Å². The Morgan fingerprint density at radius 3 is 2.41 bits per heavy atom. The third kappa shape index (κ3) is 2.43. The molecule has 0 saturated carbocycles. The number of alkyl halides is 3. The minimum Gasteiger partial charge on any atom is -0.398 e. The van der Waals surface area contributed by atoms with E-state index in [4.69, 9.17) is 5.73 Å². The van der Waals surface area contributed by atoms with Crippen LogP contribution < -0.4 is 11.3 Å². The molecule has 1 heterocycles. The Balaban J connectivity index is 2.23. The molecule has 3 rings (SSSR count). The fourth-order valence-corrected chi connectivity index (χ4v) is 2.33. The molecule has 6 heteroatoms. The highest BCUT2D eigenvalue weighted by Crippen LogP contribution is 2.32. The van der Waals surface area contributed by atoms with Crippen LogP contribution in [0.15, 0.2) is 53.3 Å². The lowest BCUT2D eigenvalue weighted by molar-refractivity contribution is -0.137. The van der Waals surface area contributed by atoms with Crippen LogP contribution in [0.4, 0.5) is 18.9 Å². The van der Waals surface area contributed by atoms with Gasteiger partial charge in [-0.15, -0.1) is 0 Å². The lowest BCUT2D eigenvalue weighted by atomic mass is 10.0. The molecule has 0 radical (unpaired) electrons. The van der Waals surface area contributed by atoms with E-state index in [-0.39, 0.29) is 5.56 Å². The van der Waals surface area contributed by atoms with Gasteiger partial charge in [-0.3, -0.25) is 4.79 Å². The van der Waals surface area contributed by atoms with Crippen molar-refractivity contribution in [3.63, 3.8) is 0 Å². The third-order valence-corrected chi connectivity index (χ3v) is 3.42. The number of hydrogen-bond acceptors (Lipinski definition) is 2. The van der Waals surface area contributed by atoms with Gasteiger partial charge in [0.2, 0.25) is 0 Å². The van der Waals surface area contributed by atoms with Gasteiger partial charge in [0, 0.05) is 22.2 Å². The Hall–Kier alpha value is -2.76. The van der Waals surface area contributed by atoms with Crippen molar-refractivity contribution in [3.05, 3.63) is 64.4 Å². The molecular formula is C16H11F3N2O. The average Bonchev–Trinajstić information content (AvgIpc) is 2.47. The minimum absolute atomic E-state index is 0.275. The zero-order valence-corrected chi connectivity index (χ0v) is 11.2. The van der Waals surface area contributed by atoms with E-state index in [1.165, 1.54) is 12.1 Å². The number of anilines is 1. The molecule has 112 valence electrons. The van der Waals surface area contributed by atoms with Crippen molar-refractivity contribution < 1.29 is 13.2 Å². The van der Waals surface area contributed by atoms with Gasteiger partial charge in [-0.1, -0.05) is 18.2 Å². The van der Waals surface area contributed by atoms with Crippen LogP contribution in [0.1, 0.15) is 5.56 Å². The van der Waals surface area contributed by atoms with E-state index in [0.717, 1.165) is 12.1 Å². The van der Waals surface area contributed by atoms with E-state index in [1.807, 2.05) is 0 Å². The lowest BCUT2D eigenvalue weighted by Crippen LogP contribution is -2.09. The summed E-state index contributed by atoms with van der Waals surface area (Å²) in [6.07, 6.45) is -4.44. The van der Waals surface area contributed by atoms with E-state index in [9.17, 15) is 18.0 Å². The number of aromatic nitrogens is 1. The van der Waals surface area contributed by atoms with Gasteiger partial charge in [-0.25, -0.2) is 0 Å². The van der Waals surface area contributed by atoms with Gasteiger partial charge in [-0.2, -0.15) is 13.2 Å². The van der Waals surface area contributed by atoms with Crippen LogP contribution in [0.2, 0.25) is 0 Å². The standard InChI is InChI=1S/C16H11F3N2O/c17-16(18,19)10-4-1-3-9(7-10)14-8-12-11(15(22)21-14)5-2-6-13(12)20/h1-8H,20H2,(H,21,22). The van der Waals surface area contributed by atoms with Crippen molar-refractivity contribution in [1.82, 2.24) is 4.98 Å². The van der Waals surface area contributed by atoms with Crippen LogP contribution in [-0.2, 0) is 6.18 Å². The number of rotatable bonds is 1. The van der Waals surface area contributed by atoms with Crippen molar-refractivity contribution in [2.75, 3.05) is 5.73 Å². The normalized spacial score (nSPS) is 11.8. The number of benzene rings is 2. The van der Waals surface area contributed by atoms with Crippen LogP contribution in [0, 0.1) is 0 Å². The molecule has 0 bridgehead atoms. The molecule has 3 aromatic rings. The largest absolute Gasteiger partial charge is 0.416 e. The lowest BCUT2D eigenvalue weighted by Gasteiger charge is -2.10. The summed E-state index contributed by atoms with van der Waals surface area (Å²) in [5.74, 6) is 0. The Morgan fingerprint density at radius 1 is 0.955 bits per heavy atom. The Bertz CT molecular complexity index is 913. The van der Waals surface area contributed by atoms with Crippen LogP contribution in [0.5, 0.6) is 0 Å². The molecule has 0 aliphatic heterocycles. The fourth-order valence-electron chi connectivity index (χ4n) is 2.33. The second kappa shape index (κ2) is 4.91. The van der Waals surface area contributed by atoms with Gasteiger partial charge in [0.15, 0.2) is 0 Å². The van der Waals surface area contributed by atoms with Crippen LogP contribution >= 0.6 is 0 Å². The van der Waals surface area contributed by atoms with E-state index in [2.05, 4.69) is 4.98 Å². The summed E-state index contributed by atoms with van der Waals surface area (Å²) in [6, 6.07) is 11.3. The summed E-state index contributed by atoms with van der Waals surface area (Å²) in [7, 11) is 0. The van der Waals surface area contributed by atoms with Crippen molar-refractivity contribution in [2.45, 2.75) is 6.18 Å². The molecule has 1 aromatic heterocycles. The van der Waals surface area contributed by atoms with Crippen molar-refractivity contribution in [3.8, 4) is 11.3 Å². The number of nitrogen functional groups attached to an aromatic ring is 1. The molecule has 0 aliphatic rings. The van der Waals surface area contributed by atoms with Gasteiger partial charge in [0.1, 0.15) is 0 Å². The van der Waals surface area contributed by atoms with E-state index >= 15 is 0 Å². The van der Waals surface area contributed by atoms with Crippen LogP contribution in [-0.4, -0.2) is 4.98 Å². The second-order valence-corrected chi connectivity index (χ2v) is 4.90. The number of hydrogen-bond donors (Lipinski definition) is 2. The van der Waals surface area contributed by atoms with Gasteiger partial charge in [-0.05, 0) is 35.9 Å². The van der Waals surface area contributed by atoms with Crippen molar-refractivity contribution in [1.29, 1.82) is 0 Å². The minimum atomic E-state index is -4.44. The third-order valence-electron chi connectivity index (χ3n) is 3.42. The molecule has 3 N–H and O–H groups in total. The SMILES string of the molecule is Nc1cccc2c(=O)[nH]c(-c3cccc(C(F)(F)F)c3)cc12. The fraction of sp³-hybridized carbons (Fsp3) is 0.0625. The quantitative estimate of drug-likeness (QED) is 0.672. The smallest absolute Gasteiger partial charge is 0.398 e. The van der Waals surface area contributed by atoms with Gasteiger partial charge >= 0.3 is 6.18 Å². The first kappa shape index (κ1) is 14.2. The maximum Gasteiger partial charge on any atom is 0.416 e. The molecule has 0 fully saturated rings. The van der Waals surface area contributed by atoms with E-state index < -0.39 is 17.3 Å². The summed E-state index contributed by atoms with van der Waals surface area (Å²) >= 11 is 0. The molecular weight excluding hydrogens is 293 g/mol. The zero-order valence-electron chi connectivity index (χ0n) is 11.2. The Kier molecular flexibility index (Phi) is 3.16. The summed E-state index contributed by atoms with van der Waals surface area (Å²) in [4.78, 5) is 14.7. The molecule has 0 unspecified atom stereocenters. The first-order chi connectivity index (χ1) is 10.4. The number of nitrogens with two attached hydrogens (primary N) is 1. The summed E-state index contributed by atoms with van der Waals surface area (Å²) in [6.45, 7) is 0. The number of pyridine rings is 1. The first-order valence-electron chi connectivity index (χ1n) is 6.45. The maximum absolute atomic E-state index is 12.8. The Morgan fingerprint density at radius 2 is 1.68 bits per heavy atom. The highest BCUT2D eigenvalue weighted by molar-refractivity contribution is 5.94. The molecule has 0 spiro atoms. The number of aromatic amines is 1. The molecule has 0 amide bonds. The highest BCUT2D eigenvalue weighted by atomic mass is 19.4. The number of halogens is 3. The molecule has 0 atom stereocenters. The zero-order chi connectivity index (χ0) is 15.9. The first-order valence-corrected chi connectivity index (χ1v) is 6.45. The number of H-pyrrole nitrogens is 1.